The molecule has 2 aliphatic heterocycles. The van der Waals surface area contributed by atoms with Gasteiger partial charge in [-0.1, -0.05) is 49.6 Å². The van der Waals surface area contributed by atoms with Crippen molar-refractivity contribution < 1.29 is 9.59 Å². The zero-order valence-corrected chi connectivity index (χ0v) is 16.9. The maximum atomic E-state index is 12.6. The second-order valence-electron chi connectivity index (χ2n) is 7.96. The van der Waals surface area contributed by atoms with Crippen LogP contribution in [0.3, 0.4) is 0 Å². The molecule has 0 bridgehead atoms. The summed E-state index contributed by atoms with van der Waals surface area (Å²) in [4.78, 5) is 31.3. The van der Waals surface area contributed by atoms with Crippen LogP contribution in [0, 0.1) is 0 Å². The largest absolute Gasteiger partial charge is 0.351 e. The van der Waals surface area contributed by atoms with Crippen molar-refractivity contribution in [3.63, 3.8) is 0 Å². The summed E-state index contributed by atoms with van der Waals surface area (Å²) in [6.45, 7) is 6.74. The Balaban J connectivity index is 1.33. The maximum absolute atomic E-state index is 12.6. The van der Waals surface area contributed by atoms with Crippen LogP contribution < -0.4 is 5.32 Å². The third-order valence-electron chi connectivity index (χ3n) is 5.73. The highest BCUT2D eigenvalue weighted by Crippen LogP contribution is 2.11. The lowest BCUT2D eigenvalue weighted by atomic mass is 10.1. The maximum Gasteiger partial charge on any atom is 0.236 e. The van der Waals surface area contributed by atoms with Crippen molar-refractivity contribution in [2.75, 3.05) is 52.4 Å². The Bertz CT molecular complexity index is 606. The van der Waals surface area contributed by atoms with Gasteiger partial charge in [-0.25, -0.2) is 0 Å². The van der Waals surface area contributed by atoms with Gasteiger partial charge in [0.15, 0.2) is 0 Å². The first kappa shape index (κ1) is 20.8. The number of hydrogen-bond acceptors (Lipinski definition) is 4. The molecule has 0 atom stereocenters. The minimum atomic E-state index is 0.0639. The number of rotatable bonds is 6. The number of amides is 2. The predicted molar refractivity (Wildman–Crippen MR) is 111 cm³/mol. The molecule has 6 heteroatoms. The fourth-order valence-corrected chi connectivity index (χ4v) is 3.95. The van der Waals surface area contributed by atoms with Gasteiger partial charge in [-0.05, 0) is 18.4 Å². The van der Waals surface area contributed by atoms with Gasteiger partial charge in [0.05, 0.1) is 13.1 Å². The Kier molecular flexibility index (Phi) is 8.30. The van der Waals surface area contributed by atoms with Crippen molar-refractivity contribution in [2.45, 2.75) is 38.6 Å². The van der Waals surface area contributed by atoms with Gasteiger partial charge in [0.2, 0.25) is 11.8 Å². The highest BCUT2D eigenvalue weighted by molar-refractivity contribution is 5.78. The van der Waals surface area contributed by atoms with Crippen molar-refractivity contribution in [3.05, 3.63) is 35.9 Å². The van der Waals surface area contributed by atoms with Gasteiger partial charge < -0.3 is 10.2 Å². The van der Waals surface area contributed by atoms with Crippen LogP contribution in [0.2, 0.25) is 0 Å². The zero-order valence-electron chi connectivity index (χ0n) is 16.9. The van der Waals surface area contributed by atoms with Crippen LogP contribution in [0.15, 0.2) is 30.3 Å². The molecular formula is C22H34N4O2. The Morgan fingerprint density at radius 2 is 1.32 bits per heavy atom. The van der Waals surface area contributed by atoms with Gasteiger partial charge in [-0.3, -0.25) is 19.4 Å². The second-order valence-corrected chi connectivity index (χ2v) is 7.96. The number of piperazine rings is 1. The molecule has 0 spiro atoms. The monoisotopic (exact) mass is 386 g/mol. The van der Waals surface area contributed by atoms with Crippen LogP contribution in [0.1, 0.15) is 37.7 Å². The van der Waals surface area contributed by atoms with Crippen molar-refractivity contribution in [2.24, 2.45) is 0 Å². The number of likely N-dealkylation sites (tertiary alicyclic amines) is 1. The SMILES string of the molecule is O=C(CN1CCN(CC(=O)N2CCCCCCC2)CC1)NCc1ccccc1. The molecule has 2 amide bonds. The summed E-state index contributed by atoms with van der Waals surface area (Å²) in [6, 6.07) is 9.97. The summed E-state index contributed by atoms with van der Waals surface area (Å²) < 4.78 is 0. The van der Waals surface area contributed by atoms with E-state index < -0.39 is 0 Å². The molecule has 1 aromatic carbocycles. The smallest absolute Gasteiger partial charge is 0.236 e. The first-order valence-corrected chi connectivity index (χ1v) is 10.7. The molecule has 0 unspecified atom stereocenters. The summed E-state index contributed by atoms with van der Waals surface area (Å²) in [7, 11) is 0. The molecule has 1 aromatic rings. The van der Waals surface area contributed by atoms with E-state index in [1.165, 1.54) is 19.3 Å². The Labute approximate surface area is 168 Å². The third-order valence-corrected chi connectivity index (χ3v) is 5.73. The molecule has 0 aliphatic carbocycles. The molecule has 1 N–H and O–H groups in total. The molecule has 154 valence electrons. The average molecular weight is 387 g/mol. The lowest BCUT2D eigenvalue weighted by Gasteiger charge is -2.35. The highest BCUT2D eigenvalue weighted by Gasteiger charge is 2.23. The van der Waals surface area contributed by atoms with Crippen molar-refractivity contribution in [1.29, 1.82) is 0 Å². The molecule has 2 aliphatic rings. The molecule has 3 rings (SSSR count). The minimum Gasteiger partial charge on any atom is -0.351 e. The lowest BCUT2D eigenvalue weighted by molar-refractivity contribution is -0.133. The summed E-state index contributed by atoms with van der Waals surface area (Å²) in [6.07, 6.45) is 6.07. The summed E-state index contributed by atoms with van der Waals surface area (Å²) >= 11 is 0. The average Bonchev–Trinajstić information content (AvgIpc) is 2.68. The Morgan fingerprint density at radius 1 is 0.750 bits per heavy atom. The van der Waals surface area contributed by atoms with E-state index in [2.05, 4.69) is 20.0 Å². The summed E-state index contributed by atoms with van der Waals surface area (Å²) in [5, 5.41) is 2.99. The topological polar surface area (TPSA) is 55.9 Å². The molecular weight excluding hydrogens is 352 g/mol. The van der Waals surface area contributed by atoms with E-state index in [4.69, 9.17) is 0 Å². The van der Waals surface area contributed by atoms with Crippen LogP contribution in [0.25, 0.3) is 0 Å². The van der Waals surface area contributed by atoms with Gasteiger partial charge in [-0.15, -0.1) is 0 Å². The molecule has 2 heterocycles. The molecule has 0 radical (unpaired) electrons. The summed E-state index contributed by atoms with van der Waals surface area (Å²) in [5.41, 5.74) is 1.11. The molecule has 6 nitrogen and oxygen atoms in total. The van der Waals surface area contributed by atoms with E-state index in [1.807, 2.05) is 30.3 Å². The molecule has 0 saturated carbocycles. The number of carbonyl (C=O) groups is 2. The standard InChI is InChI=1S/C22H34N4O2/c27-21(23-17-20-9-5-4-6-10-20)18-24-13-15-25(16-14-24)19-22(28)26-11-7-2-1-3-8-12-26/h4-6,9-10H,1-3,7-8,11-19H2,(H,23,27). The van der Waals surface area contributed by atoms with E-state index in [0.717, 1.165) is 57.7 Å². The first-order chi connectivity index (χ1) is 13.7. The van der Waals surface area contributed by atoms with Gasteiger partial charge in [0, 0.05) is 45.8 Å². The van der Waals surface area contributed by atoms with Crippen molar-refractivity contribution >= 4 is 11.8 Å². The Morgan fingerprint density at radius 3 is 1.96 bits per heavy atom. The van der Waals surface area contributed by atoms with E-state index >= 15 is 0 Å². The lowest BCUT2D eigenvalue weighted by Crippen LogP contribution is -2.52. The van der Waals surface area contributed by atoms with Gasteiger partial charge in [-0.2, -0.15) is 0 Å². The Hall–Kier alpha value is -1.92. The summed E-state index contributed by atoms with van der Waals surface area (Å²) in [5.74, 6) is 0.338. The fourth-order valence-electron chi connectivity index (χ4n) is 3.95. The zero-order chi connectivity index (χ0) is 19.6. The van der Waals surface area contributed by atoms with Crippen LogP contribution in [0.5, 0.6) is 0 Å². The van der Waals surface area contributed by atoms with Gasteiger partial charge in [0.25, 0.3) is 0 Å². The quantitative estimate of drug-likeness (QED) is 0.809. The van der Waals surface area contributed by atoms with E-state index in [-0.39, 0.29) is 11.8 Å². The van der Waals surface area contributed by atoms with Gasteiger partial charge >= 0.3 is 0 Å². The van der Waals surface area contributed by atoms with Crippen LogP contribution >= 0.6 is 0 Å². The third kappa shape index (κ3) is 6.91. The van der Waals surface area contributed by atoms with Gasteiger partial charge in [0.1, 0.15) is 0 Å². The van der Waals surface area contributed by atoms with E-state index in [1.54, 1.807) is 0 Å². The molecule has 0 aromatic heterocycles. The fraction of sp³-hybridized carbons (Fsp3) is 0.636. The molecule has 28 heavy (non-hydrogen) atoms. The number of hydrogen-bond donors (Lipinski definition) is 1. The molecule has 2 fully saturated rings. The number of benzene rings is 1. The van der Waals surface area contributed by atoms with Crippen LogP contribution in [-0.2, 0) is 16.1 Å². The highest BCUT2D eigenvalue weighted by atomic mass is 16.2. The normalized spacial score (nSPS) is 19.6. The number of carbonyl (C=O) groups excluding carboxylic acids is 2. The number of nitrogens with one attached hydrogen (secondary N) is 1. The second kappa shape index (κ2) is 11.2. The number of nitrogens with zero attached hydrogens (tertiary/aromatic N) is 3. The van der Waals surface area contributed by atoms with E-state index in [9.17, 15) is 9.59 Å². The first-order valence-electron chi connectivity index (χ1n) is 10.7. The molecule has 2 saturated heterocycles. The van der Waals surface area contributed by atoms with Crippen LogP contribution in [-0.4, -0.2) is 78.9 Å². The minimum absolute atomic E-state index is 0.0639. The predicted octanol–water partition coefficient (Wildman–Crippen LogP) is 1.71. The van der Waals surface area contributed by atoms with Crippen molar-refractivity contribution in [1.82, 2.24) is 20.0 Å². The van der Waals surface area contributed by atoms with E-state index in [0.29, 0.717) is 19.6 Å². The van der Waals surface area contributed by atoms with Crippen molar-refractivity contribution in [3.8, 4) is 0 Å². The van der Waals surface area contributed by atoms with Crippen LogP contribution in [0.4, 0.5) is 0 Å².